The second kappa shape index (κ2) is 5.97. The van der Waals surface area contributed by atoms with Crippen LogP contribution in [0.5, 0.6) is 0 Å². The van der Waals surface area contributed by atoms with E-state index >= 15 is 0 Å². The van der Waals surface area contributed by atoms with Crippen LogP contribution in [0.3, 0.4) is 0 Å². The Balaban J connectivity index is 2.08. The number of hydrogen-bond donors (Lipinski definition) is 0. The van der Waals surface area contributed by atoms with E-state index in [0.29, 0.717) is 11.1 Å². The average molecular weight is 323 g/mol. The van der Waals surface area contributed by atoms with Crippen LogP contribution in [0.2, 0.25) is 0 Å². The first-order valence-electron chi connectivity index (χ1n) is 5.74. The summed E-state index contributed by atoms with van der Waals surface area (Å²) in [6, 6.07) is 11.5. The van der Waals surface area contributed by atoms with Gasteiger partial charge in [0.05, 0.1) is 5.56 Å². The van der Waals surface area contributed by atoms with Gasteiger partial charge in [-0.05, 0) is 36.8 Å². The Hall–Kier alpha value is -1.68. The first-order chi connectivity index (χ1) is 9.08. The molecule has 0 atom stereocenters. The lowest BCUT2D eigenvalue weighted by atomic mass is 10.1. The van der Waals surface area contributed by atoms with Crippen LogP contribution in [0.15, 0.2) is 46.9 Å². The van der Waals surface area contributed by atoms with Crippen LogP contribution in [0.25, 0.3) is 0 Å². The Bertz CT molecular complexity index is 611. The van der Waals surface area contributed by atoms with E-state index in [0.717, 1.165) is 10.0 Å². The largest absolute Gasteiger partial charge is 0.457 e. The monoisotopic (exact) mass is 322 g/mol. The Morgan fingerprint density at radius 1 is 1.26 bits per heavy atom. The second-order valence-electron chi connectivity index (χ2n) is 4.13. The van der Waals surface area contributed by atoms with Gasteiger partial charge >= 0.3 is 5.97 Å². The number of benzene rings is 2. The Kier molecular flexibility index (Phi) is 4.32. The molecule has 0 amide bonds. The van der Waals surface area contributed by atoms with Crippen LogP contribution in [0.1, 0.15) is 21.5 Å². The number of halogens is 2. The van der Waals surface area contributed by atoms with Crippen LogP contribution in [0, 0.1) is 12.7 Å². The fraction of sp³-hybridized carbons (Fsp3) is 0.133. The summed E-state index contributed by atoms with van der Waals surface area (Å²) in [5.74, 6) is -0.812. The van der Waals surface area contributed by atoms with E-state index in [4.69, 9.17) is 4.74 Å². The minimum atomic E-state index is -0.451. The molecule has 0 heterocycles. The summed E-state index contributed by atoms with van der Waals surface area (Å²) in [4.78, 5) is 11.9. The first kappa shape index (κ1) is 13.7. The molecule has 0 aliphatic carbocycles. The van der Waals surface area contributed by atoms with Crippen LogP contribution < -0.4 is 0 Å². The van der Waals surface area contributed by atoms with Crippen molar-refractivity contribution in [2.45, 2.75) is 13.5 Å². The molecule has 0 spiro atoms. The third kappa shape index (κ3) is 3.41. The van der Waals surface area contributed by atoms with Crippen molar-refractivity contribution < 1.29 is 13.9 Å². The molecule has 4 heteroatoms. The summed E-state index contributed by atoms with van der Waals surface area (Å²) in [5.41, 5.74) is 1.83. The zero-order valence-corrected chi connectivity index (χ0v) is 11.9. The van der Waals surface area contributed by atoms with Gasteiger partial charge in [0.2, 0.25) is 0 Å². The van der Waals surface area contributed by atoms with E-state index in [1.165, 1.54) is 18.2 Å². The van der Waals surface area contributed by atoms with E-state index in [1.54, 1.807) is 6.92 Å². The van der Waals surface area contributed by atoms with E-state index < -0.39 is 5.97 Å². The highest BCUT2D eigenvalue weighted by Gasteiger charge is 2.11. The lowest BCUT2D eigenvalue weighted by Gasteiger charge is -2.08. The van der Waals surface area contributed by atoms with Crippen molar-refractivity contribution in [2.24, 2.45) is 0 Å². The van der Waals surface area contributed by atoms with Crippen molar-refractivity contribution in [2.75, 3.05) is 0 Å². The normalized spacial score (nSPS) is 10.3. The van der Waals surface area contributed by atoms with Gasteiger partial charge in [-0.2, -0.15) is 0 Å². The molecule has 0 aliphatic heterocycles. The summed E-state index contributed by atoms with van der Waals surface area (Å²) >= 11 is 3.39. The molecule has 0 radical (unpaired) electrons. The standard InChI is InChI=1S/C15H12BrFO2/c1-10-8-12(17)6-7-13(10)15(18)19-9-11-4-2-3-5-14(11)16/h2-8H,9H2,1H3. The average Bonchev–Trinajstić information content (AvgIpc) is 2.37. The van der Waals surface area contributed by atoms with E-state index in [2.05, 4.69) is 15.9 Å². The lowest BCUT2D eigenvalue weighted by Crippen LogP contribution is -2.07. The molecule has 2 aromatic carbocycles. The van der Waals surface area contributed by atoms with Gasteiger partial charge in [0.1, 0.15) is 12.4 Å². The van der Waals surface area contributed by atoms with Crippen molar-refractivity contribution in [3.05, 3.63) is 69.4 Å². The minimum Gasteiger partial charge on any atom is -0.457 e. The third-order valence-corrected chi connectivity index (χ3v) is 3.50. The maximum Gasteiger partial charge on any atom is 0.338 e. The number of hydrogen-bond acceptors (Lipinski definition) is 2. The van der Waals surface area contributed by atoms with Crippen LogP contribution >= 0.6 is 15.9 Å². The molecular formula is C15H12BrFO2. The topological polar surface area (TPSA) is 26.3 Å². The molecular weight excluding hydrogens is 311 g/mol. The molecule has 0 fully saturated rings. The van der Waals surface area contributed by atoms with Gasteiger partial charge in [-0.3, -0.25) is 0 Å². The van der Waals surface area contributed by atoms with Gasteiger partial charge in [0.15, 0.2) is 0 Å². The predicted molar refractivity (Wildman–Crippen MR) is 74.4 cm³/mol. The van der Waals surface area contributed by atoms with E-state index in [-0.39, 0.29) is 12.4 Å². The number of aryl methyl sites for hydroxylation is 1. The van der Waals surface area contributed by atoms with Gasteiger partial charge in [-0.1, -0.05) is 34.1 Å². The molecule has 0 aromatic heterocycles. The molecule has 0 saturated heterocycles. The number of carbonyl (C=O) groups excluding carboxylic acids is 1. The molecule has 0 bridgehead atoms. The fourth-order valence-corrected chi connectivity index (χ4v) is 2.09. The summed E-state index contributed by atoms with van der Waals surface area (Å²) in [6.45, 7) is 1.86. The van der Waals surface area contributed by atoms with Crippen molar-refractivity contribution >= 4 is 21.9 Å². The second-order valence-corrected chi connectivity index (χ2v) is 4.98. The van der Waals surface area contributed by atoms with E-state index in [9.17, 15) is 9.18 Å². The highest BCUT2D eigenvalue weighted by molar-refractivity contribution is 9.10. The number of esters is 1. The molecule has 2 rings (SSSR count). The molecule has 0 unspecified atom stereocenters. The van der Waals surface area contributed by atoms with Crippen LogP contribution in [-0.4, -0.2) is 5.97 Å². The number of rotatable bonds is 3. The minimum absolute atomic E-state index is 0.178. The third-order valence-electron chi connectivity index (χ3n) is 2.72. The lowest BCUT2D eigenvalue weighted by molar-refractivity contribution is 0.0471. The van der Waals surface area contributed by atoms with Gasteiger partial charge in [0.25, 0.3) is 0 Å². The van der Waals surface area contributed by atoms with E-state index in [1.807, 2.05) is 24.3 Å². The molecule has 2 nitrogen and oxygen atoms in total. The molecule has 19 heavy (non-hydrogen) atoms. The van der Waals surface area contributed by atoms with Crippen LogP contribution in [-0.2, 0) is 11.3 Å². The molecule has 0 N–H and O–H groups in total. The molecule has 2 aromatic rings. The first-order valence-corrected chi connectivity index (χ1v) is 6.54. The van der Waals surface area contributed by atoms with Crippen LogP contribution in [0.4, 0.5) is 4.39 Å². The Morgan fingerprint density at radius 2 is 2.00 bits per heavy atom. The van der Waals surface area contributed by atoms with Crippen molar-refractivity contribution in [1.29, 1.82) is 0 Å². The van der Waals surface area contributed by atoms with Gasteiger partial charge in [-0.15, -0.1) is 0 Å². The Morgan fingerprint density at radius 3 is 2.68 bits per heavy atom. The summed E-state index contributed by atoms with van der Waals surface area (Å²) in [6.07, 6.45) is 0. The van der Waals surface area contributed by atoms with Crippen molar-refractivity contribution in [1.82, 2.24) is 0 Å². The summed E-state index contributed by atoms with van der Waals surface area (Å²) < 4.78 is 19.1. The number of ether oxygens (including phenoxy) is 1. The zero-order valence-electron chi connectivity index (χ0n) is 10.3. The predicted octanol–water partition coefficient (Wildman–Crippen LogP) is 4.25. The molecule has 0 saturated carbocycles. The highest BCUT2D eigenvalue weighted by Crippen LogP contribution is 2.18. The summed E-state index contributed by atoms with van der Waals surface area (Å²) in [7, 11) is 0. The molecule has 98 valence electrons. The fourth-order valence-electron chi connectivity index (χ4n) is 1.69. The Labute approximate surface area is 119 Å². The smallest absolute Gasteiger partial charge is 0.338 e. The SMILES string of the molecule is Cc1cc(F)ccc1C(=O)OCc1ccccc1Br. The van der Waals surface area contributed by atoms with Gasteiger partial charge in [-0.25, -0.2) is 9.18 Å². The zero-order chi connectivity index (χ0) is 13.8. The maximum absolute atomic E-state index is 13.0. The molecule has 0 aliphatic rings. The van der Waals surface area contributed by atoms with Crippen molar-refractivity contribution in [3.8, 4) is 0 Å². The van der Waals surface area contributed by atoms with Crippen molar-refractivity contribution in [3.63, 3.8) is 0 Å². The highest BCUT2D eigenvalue weighted by atomic mass is 79.9. The van der Waals surface area contributed by atoms with Gasteiger partial charge < -0.3 is 4.74 Å². The summed E-state index contributed by atoms with van der Waals surface area (Å²) in [5, 5.41) is 0. The maximum atomic E-state index is 13.0. The number of carbonyl (C=O) groups is 1. The quantitative estimate of drug-likeness (QED) is 0.789. The van der Waals surface area contributed by atoms with Gasteiger partial charge in [0, 0.05) is 10.0 Å².